The monoisotopic (exact) mass is 386 g/mol. The third-order valence-electron chi connectivity index (χ3n) is 5.60. The second-order valence-electron chi connectivity index (χ2n) is 7.38. The lowest BCUT2D eigenvalue weighted by atomic mass is 9.78. The Morgan fingerprint density at radius 3 is 2.36 bits per heavy atom. The van der Waals surface area contributed by atoms with Gasteiger partial charge in [-0.3, -0.25) is 0 Å². The average Bonchev–Trinajstić information content (AvgIpc) is 2.74. The van der Waals surface area contributed by atoms with Crippen molar-refractivity contribution in [2.24, 2.45) is 5.92 Å². The molecule has 0 heterocycles. The van der Waals surface area contributed by atoms with Crippen LogP contribution in [0.1, 0.15) is 48.3 Å². The minimum absolute atomic E-state index is 0.262. The normalized spacial score (nSPS) is 18.9. The van der Waals surface area contributed by atoms with Gasteiger partial charge in [0.15, 0.2) is 0 Å². The molecule has 3 aromatic carbocycles. The summed E-state index contributed by atoms with van der Waals surface area (Å²) in [6, 6.07) is 17.0. The van der Waals surface area contributed by atoms with E-state index in [1.807, 2.05) is 24.3 Å². The first-order valence-corrected chi connectivity index (χ1v) is 9.98. The molecule has 3 aromatic rings. The SMILES string of the molecule is C#CC1CCC(c2ccc3c(F)c(C#Cc4ccc(Cl)cc4)ccc3c2)CC1. The Morgan fingerprint density at radius 2 is 1.64 bits per heavy atom. The molecule has 0 radical (unpaired) electrons. The van der Waals surface area contributed by atoms with Crippen LogP contribution in [0.4, 0.5) is 4.39 Å². The molecule has 28 heavy (non-hydrogen) atoms. The summed E-state index contributed by atoms with van der Waals surface area (Å²) in [6.45, 7) is 0. The third kappa shape index (κ3) is 3.91. The standard InChI is InChI=1S/C26H20ClF/c1-2-18-3-8-20(9-4-18)22-13-16-25-23(17-22)12-11-21(26(25)28)10-5-19-6-14-24(27)15-7-19/h1,6-7,11-18,20H,3-4,8-9H2. The van der Waals surface area contributed by atoms with Crippen molar-refractivity contribution < 1.29 is 4.39 Å². The first kappa shape index (κ1) is 18.6. The molecule has 0 bridgehead atoms. The fraction of sp³-hybridized carbons (Fsp3) is 0.231. The summed E-state index contributed by atoms with van der Waals surface area (Å²) in [5.41, 5.74) is 2.49. The molecule has 1 aliphatic rings. The van der Waals surface area contributed by atoms with E-state index in [1.165, 1.54) is 5.56 Å². The lowest BCUT2D eigenvalue weighted by Gasteiger charge is -2.26. The van der Waals surface area contributed by atoms with Crippen molar-refractivity contribution in [1.29, 1.82) is 0 Å². The molecule has 0 aliphatic heterocycles. The maximum Gasteiger partial charge on any atom is 0.146 e. The van der Waals surface area contributed by atoms with Crippen molar-refractivity contribution in [3.05, 3.63) is 82.1 Å². The summed E-state index contributed by atoms with van der Waals surface area (Å²) in [4.78, 5) is 0. The van der Waals surface area contributed by atoms with Gasteiger partial charge in [0, 0.05) is 21.9 Å². The van der Waals surface area contributed by atoms with Gasteiger partial charge in [-0.05, 0) is 72.9 Å². The summed E-state index contributed by atoms with van der Waals surface area (Å²) in [5, 5.41) is 2.20. The summed E-state index contributed by atoms with van der Waals surface area (Å²) in [5.74, 6) is 9.49. The summed E-state index contributed by atoms with van der Waals surface area (Å²) in [7, 11) is 0. The van der Waals surface area contributed by atoms with Gasteiger partial charge in [0.2, 0.25) is 0 Å². The van der Waals surface area contributed by atoms with Crippen LogP contribution >= 0.6 is 11.6 Å². The summed E-state index contributed by atoms with van der Waals surface area (Å²) < 4.78 is 15.0. The van der Waals surface area contributed by atoms with Crippen LogP contribution in [0.15, 0.2) is 54.6 Å². The topological polar surface area (TPSA) is 0 Å². The molecule has 1 fully saturated rings. The predicted octanol–water partition coefficient (Wildman–Crippen LogP) is 6.94. The quantitative estimate of drug-likeness (QED) is 0.397. The Balaban J connectivity index is 1.60. The van der Waals surface area contributed by atoms with Crippen LogP contribution in [-0.4, -0.2) is 0 Å². The van der Waals surface area contributed by atoms with E-state index in [2.05, 4.69) is 29.9 Å². The van der Waals surface area contributed by atoms with E-state index < -0.39 is 0 Å². The van der Waals surface area contributed by atoms with E-state index in [4.69, 9.17) is 18.0 Å². The van der Waals surface area contributed by atoms with Crippen molar-refractivity contribution in [1.82, 2.24) is 0 Å². The molecule has 0 atom stereocenters. The lowest BCUT2D eigenvalue weighted by molar-refractivity contribution is 0.385. The molecule has 0 spiro atoms. The molecule has 1 saturated carbocycles. The molecule has 4 rings (SSSR count). The largest absolute Gasteiger partial charge is 0.205 e. The van der Waals surface area contributed by atoms with E-state index in [9.17, 15) is 4.39 Å². The molecule has 0 unspecified atom stereocenters. The maximum atomic E-state index is 15.0. The van der Waals surface area contributed by atoms with Crippen molar-refractivity contribution >= 4 is 22.4 Å². The van der Waals surface area contributed by atoms with Gasteiger partial charge < -0.3 is 0 Å². The first-order valence-electron chi connectivity index (χ1n) is 9.60. The first-order chi connectivity index (χ1) is 13.6. The number of benzene rings is 3. The number of halogens is 2. The molecule has 138 valence electrons. The zero-order chi connectivity index (χ0) is 19.5. The zero-order valence-electron chi connectivity index (χ0n) is 15.5. The van der Waals surface area contributed by atoms with E-state index in [-0.39, 0.29) is 5.82 Å². The van der Waals surface area contributed by atoms with Crippen molar-refractivity contribution in [3.63, 3.8) is 0 Å². The fourth-order valence-corrected chi connectivity index (χ4v) is 4.05. The zero-order valence-corrected chi connectivity index (χ0v) is 16.3. The van der Waals surface area contributed by atoms with Gasteiger partial charge in [-0.1, -0.05) is 47.7 Å². The maximum absolute atomic E-state index is 15.0. The molecule has 0 aromatic heterocycles. The highest BCUT2D eigenvalue weighted by atomic mass is 35.5. The predicted molar refractivity (Wildman–Crippen MR) is 115 cm³/mol. The van der Waals surface area contributed by atoms with Crippen LogP contribution in [0.3, 0.4) is 0 Å². The van der Waals surface area contributed by atoms with Crippen LogP contribution in [0.2, 0.25) is 5.02 Å². The van der Waals surface area contributed by atoms with Crippen LogP contribution < -0.4 is 0 Å². The van der Waals surface area contributed by atoms with E-state index in [0.29, 0.717) is 27.8 Å². The number of fused-ring (bicyclic) bond motifs is 1. The molecule has 0 nitrogen and oxygen atoms in total. The molecule has 2 heteroatoms. The van der Waals surface area contributed by atoms with Crippen LogP contribution in [0.5, 0.6) is 0 Å². The molecule has 0 N–H and O–H groups in total. The number of hydrogen-bond acceptors (Lipinski definition) is 0. The van der Waals surface area contributed by atoms with Gasteiger partial charge >= 0.3 is 0 Å². The van der Waals surface area contributed by atoms with E-state index in [0.717, 1.165) is 36.6 Å². The van der Waals surface area contributed by atoms with Gasteiger partial charge in [-0.15, -0.1) is 12.3 Å². The second kappa shape index (κ2) is 8.10. The van der Waals surface area contributed by atoms with Crippen molar-refractivity contribution in [2.75, 3.05) is 0 Å². The van der Waals surface area contributed by atoms with Crippen molar-refractivity contribution in [2.45, 2.75) is 31.6 Å². The minimum Gasteiger partial charge on any atom is -0.205 e. The van der Waals surface area contributed by atoms with Gasteiger partial charge in [0.05, 0.1) is 5.56 Å². The molecule has 1 aliphatic carbocycles. The minimum atomic E-state index is -0.262. The summed E-state index contributed by atoms with van der Waals surface area (Å²) >= 11 is 5.89. The molecule has 0 amide bonds. The van der Waals surface area contributed by atoms with Gasteiger partial charge in [-0.2, -0.15) is 0 Å². The highest BCUT2D eigenvalue weighted by molar-refractivity contribution is 6.30. The van der Waals surface area contributed by atoms with Crippen molar-refractivity contribution in [3.8, 4) is 24.2 Å². The van der Waals surface area contributed by atoms with Crippen LogP contribution in [0.25, 0.3) is 10.8 Å². The average molecular weight is 387 g/mol. The summed E-state index contributed by atoms with van der Waals surface area (Å²) in [6.07, 6.45) is 9.91. The molecule has 0 saturated heterocycles. The van der Waals surface area contributed by atoms with Crippen LogP contribution in [-0.2, 0) is 0 Å². The molecular formula is C26H20ClF. The van der Waals surface area contributed by atoms with Gasteiger partial charge in [-0.25, -0.2) is 4.39 Å². The highest BCUT2D eigenvalue weighted by Crippen LogP contribution is 2.36. The number of terminal acetylenes is 1. The second-order valence-corrected chi connectivity index (χ2v) is 7.82. The lowest BCUT2D eigenvalue weighted by Crippen LogP contribution is -2.11. The third-order valence-corrected chi connectivity index (χ3v) is 5.85. The Bertz CT molecular complexity index is 1100. The highest BCUT2D eigenvalue weighted by Gasteiger charge is 2.21. The fourth-order valence-electron chi connectivity index (χ4n) is 3.93. The smallest absolute Gasteiger partial charge is 0.146 e. The number of hydrogen-bond donors (Lipinski definition) is 0. The van der Waals surface area contributed by atoms with E-state index >= 15 is 0 Å². The Kier molecular flexibility index (Phi) is 5.38. The number of rotatable bonds is 1. The van der Waals surface area contributed by atoms with Gasteiger partial charge in [0.25, 0.3) is 0 Å². The molecular weight excluding hydrogens is 367 g/mol. The Hall–Kier alpha value is -2.74. The Morgan fingerprint density at radius 1 is 0.893 bits per heavy atom. The van der Waals surface area contributed by atoms with Gasteiger partial charge in [0.1, 0.15) is 5.82 Å². The van der Waals surface area contributed by atoms with E-state index in [1.54, 1.807) is 18.2 Å². The van der Waals surface area contributed by atoms with Crippen LogP contribution in [0, 0.1) is 35.9 Å². The Labute approximate surface area is 170 Å².